The Labute approximate surface area is 246 Å². The Morgan fingerprint density at radius 2 is 1.55 bits per heavy atom. The third kappa shape index (κ3) is 8.20. The van der Waals surface area contributed by atoms with E-state index in [-0.39, 0.29) is 18.9 Å². The summed E-state index contributed by atoms with van der Waals surface area (Å²) in [5.74, 6) is -0.904. The van der Waals surface area contributed by atoms with Crippen LogP contribution < -0.4 is 9.62 Å². The average molecular weight is 606 g/mol. The first-order chi connectivity index (χ1) is 19.0. The minimum atomic E-state index is -4.05. The molecule has 3 rings (SSSR count). The number of nitrogens with zero attached hydrogens (tertiary/aromatic N) is 3. The van der Waals surface area contributed by atoms with Gasteiger partial charge in [0.15, 0.2) is 0 Å². The molecule has 0 aliphatic rings. The molecule has 0 spiro atoms. The predicted molar refractivity (Wildman–Crippen MR) is 161 cm³/mol. The van der Waals surface area contributed by atoms with Gasteiger partial charge in [-0.15, -0.1) is 0 Å². The standard InChI is InChI=1S/C29H34Cl2N4O4S/c1-4-17-32-29(37)27(18-22-11-7-5-8-12-22)34(20-23-15-16-24(30)19-26(23)31)28(36)21-35(40(38,39)33(2)3)25-13-9-6-10-14-25/h5-16,19,27H,4,17-18,20-21H2,1-3H3,(H,32,37)/t27-/m1/s1. The van der Waals surface area contributed by atoms with Gasteiger partial charge in [0.25, 0.3) is 0 Å². The number of amides is 2. The molecule has 1 N–H and O–H groups in total. The molecule has 0 radical (unpaired) electrons. The van der Waals surface area contributed by atoms with Crippen LogP contribution in [0.5, 0.6) is 0 Å². The van der Waals surface area contributed by atoms with Crippen LogP contribution in [0.1, 0.15) is 24.5 Å². The largest absolute Gasteiger partial charge is 0.354 e. The zero-order chi connectivity index (χ0) is 29.3. The van der Waals surface area contributed by atoms with E-state index in [9.17, 15) is 18.0 Å². The summed E-state index contributed by atoms with van der Waals surface area (Å²) in [6.45, 7) is 1.81. The van der Waals surface area contributed by atoms with Crippen LogP contribution in [-0.4, -0.2) is 62.7 Å². The lowest BCUT2D eigenvalue weighted by Crippen LogP contribution is -2.54. The summed E-state index contributed by atoms with van der Waals surface area (Å²) >= 11 is 12.6. The molecule has 2 amide bonds. The van der Waals surface area contributed by atoms with Crippen molar-refractivity contribution in [1.29, 1.82) is 0 Å². The Morgan fingerprint density at radius 3 is 2.12 bits per heavy atom. The van der Waals surface area contributed by atoms with E-state index in [1.54, 1.807) is 48.5 Å². The molecule has 0 bridgehead atoms. The number of rotatable bonds is 13. The van der Waals surface area contributed by atoms with Crippen LogP contribution in [0.25, 0.3) is 0 Å². The SMILES string of the molecule is CCCNC(=O)[C@@H](Cc1ccccc1)N(Cc1ccc(Cl)cc1Cl)C(=O)CN(c1ccccc1)S(=O)(=O)N(C)C. The first-order valence-electron chi connectivity index (χ1n) is 12.8. The molecule has 0 aliphatic heterocycles. The number of benzene rings is 3. The molecule has 0 heterocycles. The molecular weight excluding hydrogens is 571 g/mol. The number of anilines is 1. The van der Waals surface area contributed by atoms with E-state index in [1.165, 1.54) is 19.0 Å². The lowest BCUT2D eigenvalue weighted by atomic mass is 10.0. The molecule has 0 fully saturated rings. The van der Waals surface area contributed by atoms with Crippen LogP contribution in [0.3, 0.4) is 0 Å². The predicted octanol–water partition coefficient (Wildman–Crippen LogP) is 4.77. The maximum Gasteiger partial charge on any atom is 0.304 e. The quantitative estimate of drug-likeness (QED) is 0.304. The Hall–Kier alpha value is -3.11. The van der Waals surface area contributed by atoms with E-state index >= 15 is 0 Å². The number of hydrogen-bond donors (Lipinski definition) is 1. The molecule has 0 saturated heterocycles. The zero-order valence-corrected chi connectivity index (χ0v) is 25.1. The van der Waals surface area contributed by atoms with Gasteiger partial charge in [0.1, 0.15) is 12.6 Å². The van der Waals surface area contributed by atoms with Crippen molar-refractivity contribution in [2.75, 3.05) is 31.5 Å². The molecule has 0 aromatic heterocycles. The Balaban J connectivity index is 2.09. The molecule has 40 heavy (non-hydrogen) atoms. The van der Waals surface area contributed by atoms with Crippen molar-refractivity contribution in [2.24, 2.45) is 0 Å². The number of hydrogen-bond acceptors (Lipinski definition) is 4. The molecule has 11 heteroatoms. The van der Waals surface area contributed by atoms with Crippen LogP contribution >= 0.6 is 23.2 Å². The van der Waals surface area contributed by atoms with Crippen LogP contribution in [0.15, 0.2) is 78.9 Å². The van der Waals surface area contributed by atoms with Gasteiger partial charge in [0.05, 0.1) is 5.69 Å². The second-order valence-corrected chi connectivity index (χ2v) is 12.3. The Kier molecular flexibility index (Phi) is 11.4. The molecule has 0 aliphatic carbocycles. The van der Waals surface area contributed by atoms with Gasteiger partial charge in [-0.2, -0.15) is 12.7 Å². The lowest BCUT2D eigenvalue weighted by molar-refractivity contribution is -0.140. The van der Waals surface area contributed by atoms with Gasteiger partial charge in [-0.05, 0) is 41.8 Å². The van der Waals surface area contributed by atoms with Gasteiger partial charge in [-0.25, -0.2) is 4.31 Å². The fraction of sp³-hybridized carbons (Fsp3) is 0.310. The van der Waals surface area contributed by atoms with E-state index in [1.807, 2.05) is 37.3 Å². The van der Waals surface area contributed by atoms with Crippen molar-refractivity contribution in [3.05, 3.63) is 100 Å². The molecule has 3 aromatic carbocycles. The lowest BCUT2D eigenvalue weighted by Gasteiger charge is -2.34. The summed E-state index contributed by atoms with van der Waals surface area (Å²) in [4.78, 5) is 29.1. The molecule has 214 valence electrons. The topological polar surface area (TPSA) is 90.0 Å². The zero-order valence-electron chi connectivity index (χ0n) is 22.8. The number of carbonyl (C=O) groups is 2. The van der Waals surface area contributed by atoms with Gasteiger partial charge in [0, 0.05) is 43.7 Å². The molecule has 0 saturated carbocycles. The summed E-state index contributed by atoms with van der Waals surface area (Å²) in [6, 6.07) is 21.7. The van der Waals surface area contributed by atoms with E-state index in [0.29, 0.717) is 34.3 Å². The van der Waals surface area contributed by atoms with Crippen molar-refractivity contribution in [3.8, 4) is 0 Å². The fourth-order valence-electron chi connectivity index (χ4n) is 4.06. The van der Waals surface area contributed by atoms with E-state index in [0.717, 1.165) is 14.2 Å². The van der Waals surface area contributed by atoms with E-state index in [4.69, 9.17) is 23.2 Å². The van der Waals surface area contributed by atoms with Gasteiger partial charge in [-0.3, -0.25) is 9.59 Å². The van der Waals surface area contributed by atoms with Crippen molar-refractivity contribution >= 4 is 50.9 Å². The highest BCUT2D eigenvalue weighted by Crippen LogP contribution is 2.25. The maximum absolute atomic E-state index is 14.1. The summed E-state index contributed by atoms with van der Waals surface area (Å²) in [5, 5.41) is 3.67. The minimum absolute atomic E-state index is 0.0312. The normalized spacial score (nSPS) is 12.2. The molecule has 3 aromatic rings. The van der Waals surface area contributed by atoms with E-state index < -0.39 is 28.7 Å². The Morgan fingerprint density at radius 1 is 0.925 bits per heavy atom. The molecular formula is C29H34Cl2N4O4S. The van der Waals surface area contributed by atoms with Gasteiger partial charge in [-0.1, -0.05) is 84.7 Å². The first kappa shape index (κ1) is 31.4. The third-order valence-electron chi connectivity index (χ3n) is 6.24. The Bertz CT molecular complexity index is 1390. The van der Waals surface area contributed by atoms with Crippen LogP contribution in [0, 0.1) is 0 Å². The number of halogens is 2. The average Bonchev–Trinajstić information content (AvgIpc) is 2.94. The summed E-state index contributed by atoms with van der Waals surface area (Å²) < 4.78 is 28.8. The number of para-hydroxylation sites is 1. The van der Waals surface area contributed by atoms with Gasteiger partial charge < -0.3 is 10.2 Å². The van der Waals surface area contributed by atoms with Crippen molar-refractivity contribution in [2.45, 2.75) is 32.4 Å². The van der Waals surface area contributed by atoms with Crippen molar-refractivity contribution in [3.63, 3.8) is 0 Å². The molecule has 1 atom stereocenters. The van der Waals surface area contributed by atoms with Crippen LogP contribution in [0.4, 0.5) is 5.69 Å². The van der Waals surface area contributed by atoms with Crippen LogP contribution in [0.2, 0.25) is 10.0 Å². The molecule has 0 unspecified atom stereocenters. The highest BCUT2D eigenvalue weighted by atomic mass is 35.5. The summed E-state index contributed by atoms with van der Waals surface area (Å²) in [5.41, 5.74) is 1.74. The summed E-state index contributed by atoms with van der Waals surface area (Å²) in [6.07, 6.45) is 0.933. The minimum Gasteiger partial charge on any atom is -0.354 e. The first-order valence-corrected chi connectivity index (χ1v) is 15.0. The third-order valence-corrected chi connectivity index (χ3v) is 8.65. The number of nitrogens with one attached hydrogen (secondary N) is 1. The van der Waals surface area contributed by atoms with Gasteiger partial charge >= 0.3 is 10.2 Å². The second kappa shape index (κ2) is 14.5. The maximum atomic E-state index is 14.1. The summed E-state index contributed by atoms with van der Waals surface area (Å²) in [7, 11) is -1.25. The molecule has 8 nitrogen and oxygen atoms in total. The smallest absolute Gasteiger partial charge is 0.304 e. The second-order valence-electron chi connectivity index (χ2n) is 9.39. The van der Waals surface area contributed by atoms with E-state index in [2.05, 4.69) is 5.32 Å². The highest BCUT2D eigenvalue weighted by Gasteiger charge is 2.34. The fourth-order valence-corrected chi connectivity index (χ4v) is 5.59. The monoisotopic (exact) mass is 604 g/mol. The van der Waals surface area contributed by atoms with Gasteiger partial charge in [0.2, 0.25) is 11.8 Å². The highest BCUT2D eigenvalue weighted by molar-refractivity contribution is 7.90. The number of carbonyl (C=O) groups excluding carboxylic acids is 2. The van der Waals surface area contributed by atoms with Crippen LogP contribution in [-0.2, 0) is 32.8 Å². The van der Waals surface area contributed by atoms with Crippen molar-refractivity contribution < 1.29 is 18.0 Å². The van der Waals surface area contributed by atoms with Crippen molar-refractivity contribution in [1.82, 2.24) is 14.5 Å².